The lowest BCUT2D eigenvalue weighted by atomic mass is 10.0. The lowest BCUT2D eigenvalue weighted by Gasteiger charge is -2.22. The highest BCUT2D eigenvalue weighted by Crippen LogP contribution is 2.08. The lowest BCUT2D eigenvalue weighted by molar-refractivity contribution is -0.287. The Morgan fingerprint density at radius 2 is 1.89 bits per heavy atom. The van der Waals surface area contributed by atoms with Crippen molar-refractivity contribution in [2.75, 3.05) is 0 Å². The van der Waals surface area contributed by atoms with Gasteiger partial charge in [0.15, 0.2) is 6.23 Å². The molecule has 0 unspecified atom stereocenters. The zero-order chi connectivity index (χ0) is 19.6. The maximum absolute atomic E-state index is 12.7. The van der Waals surface area contributed by atoms with E-state index in [0.29, 0.717) is 6.42 Å². The van der Waals surface area contributed by atoms with E-state index in [1.165, 1.54) is 18.6 Å². The van der Waals surface area contributed by atoms with Gasteiger partial charge in [0.25, 0.3) is 5.91 Å². The molecule has 2 amide bonds. The summed E-state index contributed by atoms with van der Waals surface area (Å²) in [5, 5.41) is 14.3. The van der Waals surface area contributed by atoms with Crippen molar-refractivity contribution in [1.82, 2.24) is 20.6 Å². The predicted octanol–water partition coefficient (Wildman–Crippen LogP) is 1.80. The molecule has 0 spiro atoms. The molecular formula is C19H24N4O4. The Kier molecular flexibility index (Phi) is 7.84. The van der Waals surface area contributed by atoms with Gasteiger partial charge in [-0.05, 0) is 17.9 Å². The van der Waals surface area contributed by atoms with Gasteiger partial charge in [-0.25, -0.2) is 15.1 Å². The van der Waals surface area contributed by atoms with E-state index in [0.717, 1.165) is 5.56 Å². The fraction of sp³-hybridized carbons (Fsp3) is 0.368. The van der Waals surface area contributed by atoms with Gasteiger partial charge in [0.2, 0.25) is 5.91 Å². The predicted molar refractivity (Wildman–Crippen MR) is 98.5 cm³/mol. The first kappa shape index (κ1) is 20.5. The van der Waals surface area contributed by atoms with Gasteiger partial charge in [-0.2, -0.15) is 0 Å². The molecule has 3 N–H and O–H groups in total. The summed E-state index contributed by atoms with van der Waals surface area (Å²) in [6.07, 6.45) is 4.03. The molecule has 1 aromatic heterocycles. The molecule has 1 aromatic carbocycles. The second kappa shape index (κ2) is 10.3. The zero-order valence-corrected chi connectivity index (χ0v) is 15.3. The minimum absolute atomic E-state index is 0.112. The van der Waals surface area contributed by atoms with E-state index in [4.69, 9.17) is 5.26 Å². The van der Waals surface area contributed by atoms with E-state index >= 15 is 0 Å². The minimum Gasteiger partial charge on any atom is -0.339 e. The smallest absolute Gasteiger partial charge is 0.272 e. The largest absolute Gasteiger partial charge is 0.339 e. The van der Waals surface area contributed by atoms with Crippen LogP contribution in [0.1, 0.15) is 36.3 Å². The molecule has 0 saturated heterocycles. The van der Waals surface area contributed by atoms with Crippen LogP contribution >= 0.6 is 0 Å². The second-order valence-electron chi connectivity index (χ2n) is 6.54. The summed E-state index contributed by atoms with van der Waals surface area (Å²) in [5.74, 6) is -0.774. The average Bonchev–Trinajstić information content (AvgIpc) is 2.68. The molecule has 0 aliphatic carbocycles. The van der Waals surface area contributed by atoms with E-state index in [9.17, 15) is 9.59 Å². The summed E-state index contributed by atoms with van der Waals surface area (Å²) in [7, 11) is 0. The highest BCUT2D eigenvalue weighted by molar-refractivity contribution is 5.96. The first-order valence-corrected chi connectivity index (χ1v) is 8.71. The third kappa shape index (κ3) is 6.76. The van der Waals surface area contributed by atoms with Gasteiger partial charge in [-0.15, -0.1) is 0 Å². The first-order chi connectivity index (χ1) is 13.0. The molecule has 0 saturated carbocycles. The van der Waals surface area contributed by atoms with Crippen LogP contribution in [0.3, 0.4) is 0 Å². The molecule has 8 heteroatoms. The fourth-order valence-electron chi connectivity index (χ4n) is 2.52. The lowest BCUT2D eigenvalue weighted by Crippen LogP contribution is -2.51. The van der Waals surface area contributed by atoms with Gasteiger partial charge in [-0.3, -0.25) is 14.6 Å². The number of rotatable bonds is 9. The highest BCUT2D eigenvalue weighted by atomic mass is 17.1. The maximum Gasteiger partial charge on any atom is 0.272 e. The topological polar surface area (TPSA) is 113 Å². The van der Waals surface area contributed by atoms with Gasteiger partial charge in [0.1, 0.15) is 11.7 Å². The van der Waals surface area contributed by atoms with Crippen LogP contribution in [-0.2, 0) is 16.1 Å². The number of hydrogen-bond acceptors (Lipinski definition) is 6. The summed E-state index contributed by atoms with van der Waals surface area (Å²) in [6.45, 7) is 3.88. The van der Waals surface area contributed by atoms with Crippen LogP contribution in [-0.4, -0.2) is 39.3 Å². The number of carbonyl (C=O) groups is 2. The van der Waals surface area contributed by atoms with E-state index in [1.54, 1.807) is 0 Å². The molecule has 27 heavy (non-hydrogen) atoms. The summed E-state index contributed by atoms with van der Waals surface area (Å²) in [6, 6.07) is 8.44. The van der Waals surface area contributed by atoms with Crippen LogP contribution in [0.4, 0.5) is 0 Å². The van der Waals surface area contributed by atoms with Crippen molar-refractivity contribution in [3.8, 4) is 0 Å². The fourth-order valence-corrected chi connectivity index (χ4v) is 2.52. The Balaban J connectivity index is 2.13. The number of benzene rings is 1. The molecule has 0 aliphatic heterocycles. The van der Waals surface area contributed by atoms with E-state index in [-0.39, 0.29) is 18.0 Å². The second-order valence-corrected chi connectivity index (χ2v) is 6.54. The van der Waals surface area contributed by atoms with Gasteiger partial charge in [0.05, 0.1) is 6.20 Å². The average molecular weight is 372 g/mol. The molecule has 0 aliphatic rings. The maximum atomic E-state index is 12.7. The summed E-state index contributed by atoms with van der Waals surface area (Å²) in [5.41, 5.74) is 0.989. The van der Waals surface area contributed by atoms with Gasteiger partial charge in [0, 0.05) is 18.8 Å². The quantitative estimate of drug-likeness (QED) is 0.351. The van der Waals surface area contributed by atoms with Gasteiger partial charge < -0.3 is 10.6 Å². The minimum atomic E-state index is -0.869. The van der Waals surface area contributed by atoms with Crippen LogP contribution in [0.25, 0.3) is 0 Å². The molecule has 2 aromatic rings. The summed E-state index contributed by atoms with van der Waals surface area (Å²) < 4.78 is 0. The van der Waals surface area contributed by atoms with Crippen LogP contribution < -0.4 is 10.6 Å². The van der Waals surface area contributed by atoms with E-state index in [1.807, 2.05) is 44.2 Å². The highest BCUT2D eigenvalue weighted by Gasteiger charge is 2.25. The van der Waals surface area contributed by atoms with Crippen molar-refractivity contribution in [3.63, 3.8) is 0 Å². The first-order valence-electron chi connectivity index (χ1n) is 8.71. The Labute approximate surface area is 157 Å². The third-order valence-corrected chi connectivity index (χ3v) is 3.82. The molecular weight excluding hydrogens is 348 g/mol. The molecule has 1 heterocycles. The molecule has 0 fully saturated rings. The molecule has 8 nitrogen and oxygen atoms in total. The number of nitrogens with one attached hydrogen (secondary N) is 2. The molecule has 2 atom stereocenters. The normalized spacial score (nSPS) is 13.0. The summed E-state index contributed by atoms with van der Waals surface area (Å²) in [4.78, 5) is 37.3. The molecule has 0 radical (unpaired) electrons. The standard InChI is InChI=1S/C19H24N4O4/c1-13(2)10-17(27-26)23-18(24)15(11-14-6-4-3-5-7-14)22-19(25)16-12-20-8-9-21-16/h3-9,12-13,15,17,26H,10-11H2,1-2H3,(H,22,25)(H,23,24)/t15-,17+/m1/s1. The van der Waals surface area contributed by atoms with E-state index < -0.39 is 24.1 Å². The van der Waals surface area contributed by atoms with Gasteiger partial charge >= 0.3 is 0 Å². The Morgan fingerprint density at radius 3 is 2.48 bits per heavy atom. The third-order valence-electron chi connectivity index (χ3n) is 3.82. The Hall–Kier alpha value is -2.84. The van der Waals surface area contributed by atoms with Crippen molar-refractivity contribution >= 4 is 11.8 Å². The van der Waals surface area contributed by atoms with Crippen molar-refractivity contribution in [2.45, 2.75) is 39.0 Å². The van der Waals surface area contributed by atoms with Crippen molar-refractivity contribution < 1.29 is 19.7 Å². The molecule has 0 bridgehead atoms. The van der Waals surface area contributed by atoms with Crippen molar-refractivity contribution in [1.29, 1.82) is 0 Å². The summed E-state index contributed by atoms with van der Waals surface area (Å²) >= 11 is 0. The Bertz CT molecular complexity index is 725. The van der Waals surface area contributed by atoms with E-state index in [2.05, 4.69) is 25.5 Å². The van der Waals surface area contributed by atoms with Crippen LogP contribution in [0, 0.1) is 5.92 Å². The SMILES string of the molecule is CC(C)C[C@@H](NC(=O)[C@@H](Cc1ccccc1)NC(=O)c1cnccn1)OO. The van der Waals surface area contributed by atoms with Crippen LogP contribution in [0.15, 0.2) is 48.9 Å². The monoisotopic (exact) mass is 372 g/mol. The number of aromatic nitrogens is 2. The number of hydrogen-bond donors (Lipinski definition) is 3. The Morgan fingerprint density at radius 1 is 1.15 bits per heavy atom. The van der Waals surface area contributed by atoms with Crippen LogP contribution in [0.5, 0.6) is 0 Å². The van der Waals surface area contributed by atoms with Crippen molar-refractivity contribution in [3.05, 3.63) is 60.2 Å². The zero-order valence-electron chi connectivity index (χ0n) is 15.3. The number of amides is 2. The van der Waals surface area contributed by atoms with Crippen molar-refractivity contribution in [2.24, 2.45) is 5.92 Å². The van der Waals surface area contributed by atoms with Gasteiger partial charge in [-0.1, -0.05) is 44.2 Å². The molecule has 2 rings (SSSR count). The number of nitrogens with zero attached hydrogens (tertiary/aromatic N) is 2. The van der Waals surface area contributed by atoms with Crippen LogP contribution in [0.2, 0.25) is 0 Å². The molecule has 144 valence electrons. The number of carbonyl (C=O) groups excluding carboxylic acids is 2.